The number of carboxylic acid groups (broad SMARTS) is 1. The van der Waals surface area contributed by atoms with Gasteiger partial charge in [-0.1, -0.05) is 6.92 Å². The van der Waals surface area contributed by atoms with Crippen molar-refractivity contribution in [3.8, 4) is 0 Å². The highest BCUT2D eigenvalue weighted by Crippen LogP contribution is 2.22. The van der Waals surface area contributed by atoms with Gasteiger partial charge in [0.2, 0.25) is 0 Å². The molecule has 7 nitrogen and oxygen atoms in total. The standard InChI is InChI=1S/C12H18N4O3/c1-8-6-16(7-10(8)11(17)18)12(19)13-5-9-3-4-15(2)14-9/h3-4,8,10H,5-7H2,1-2H3,(H,13,19)(H,17,18). The number of likely N-dealkylation sites (tertiary alicyclic amines) is 1. The number of amides is 2. The van der Waals surface area contributed by atoms with Gasteiger partial charge in [-0.3, -0.25) is 9.48 Å². The van der Waals surface area contributed by atoms with Crippen molar-refractivity contribution in [3.05, 3.63) is 18.0 Å². The van der Waals surface area contributed by atoms with Crippen molar-refractivity contribution < 1.29 is 14.7 Å². The summed E-state index contributed by atoms with van der Waals surface area (Å²) in [4.78, 5) is 24.5. The lowest BCUT2D eigenvalue weighted by molar-refractivity contribution is -0.142. The Hall–Kier alpha value is -2.05. The van der Waals surface area contributed by atoms with Crippen LogP contribution in [0.3, 0.4) is 0 Å². The number of nitrogens with one attached hydrogen (secondary N) is 1. The van der Waals surface area contributed by atoms with E-state index in [9.17, 15) is 9.59 Å². The average molecular weight is 266 g/mol. The van der Waals surface area contributed by atoms with Crippen molar-refractivity contribution in [3.63, 3.8) is 0 Å². The van der Waals surface area contributed by atoms with Gasteiger partial charge in [0.05, 0.1) is 18.2 Å². The van der Waals surface area contributed by atoms with Crippen molar-refractivity contribution in [1.29, 1.82) is 0 Å². The molecular formula is C12H18N4O3. The summed E-state index contributed by atoms with van der Waals surface area (Å²) in [6.07, 6.45) is 1.81. The summed E-state index contributed by atoms with van der Waals surface area (Å²) in [7, 11) is 1.81. The molecule has 1 saturated heterocycles. The maximum Gasteiger partial charge on any atom is 0.317 e. The van der Waals surface area contributed by atoms with Crippen LogP contribution in [0.15, 0.2) is 12.3 Å². The lowest BCUT2D eigenvalue weighted by Gasteiger charge is -2.16. The van der Waals surface area contributed by atoms with E-state index in [-0.39, 0.29) is 18.5 Å². The van der Waals surface area contributed by atoms with Gasteiger partial charge in [0.25, 0.3) is 0 Å². The number of aliphatic carboxylic acids is 1. The Bertz CT molecular complexity index is 485. The van der Waals surface area contributed by atoms with Crippen molar-refractivity contribution in [2.24, 2.45) is 18.9 Å². The molecule has 0 radical (unpaired) electrons. The van der Waals surface area contributed by atoms with Crippen molar-refractivity contribution in [2.45, 2.75) is 13.5 Å². The molecule has 2 atom stereocenters. The topological polar surface area (TPSA) is 87.5 Å². The monoisotopic (exact) mass is 266 g/mol. The fraction of sp³-hybridized carbons (Fsp3) is 0.583. The summed E-state index contributed by atoms with van der Waals surface area (Å²) in [6, 6.07) is 1.59. The van der Waals surface area contributed by atoms with Crippen LogP contribution in [-0.4, -0.2) is 44.9 Å². The second-order valence-corrected chi connectivity index (χ2v) is 4.97. The normalized spacial score (nSPS) is 22.5. The van der Waals surface area contributed by atoms with Crippen LogP contribution in [0.25, 0.3) is 0 Å². The van der Waals surface area contributed by atoms with Gasteiger partial charge >= 0.3 is 12.0 Å². The van der Waals surface area contributed by atoms with Crippen LogP contribution < -0.4 is 5.32 Å². The highest BCUT2D eigenvalue weighted by atomic mass is 16.4. The molecule has 0 spiro atoms. The zero-order valence-electron chi connectivity index (χ0n) is 11.0. The van der Waals surface area contributed by atoms with Crippen molar-refractivity contribution >= 4 is 12.0 Å². The molecule has 1 aliphatic rings. The number of hydrogen-bond acceptors (Lipinski definition) is 3. The van der Waals surface area contributed by atoms with Gasteiger partial charge in [-0.05, 0) is 12.0 Å². The minimum Gasteiger partial charge on any atom is -0.481 e. The minimum absolute atomic E-state index is 0.0156. The van der Waals surface area contributed by atoms with Gasteiger partial charge < -0.3 is 15.3 Å². The van der Waals surface area contributed by atoms with Crippen molar-refractivity contribution in [2.75, 3.05) is 13.1 Å². The third kappa shape index (κ3) is 3.04. The van der Waals surface area contributed by atoms with Gasteiger partial charge in [-0.2, -0.15) is 5.10 Å². The van der Waals surface area contributed by atoms with E-state index in [1.807, 2.05) is 20.0 Å². The highest BCUT2D eigenvalue weighted by molar-refractivity contribution is 5.77. The summed E-state index contributed by atoms with van der Waals surface area (Å²) in [5.41, 5.74) is 0.776. The molecule has 2 rings (SSSR count). The molecule has 104 valence electrons. The molecule has 19 heavy (non-hydrogen) atoms. The molecule has 2 N–H and O–H groups in total. The Morgan fingerprint density at radius 1 is 1.53 bits per heavy atom. The number of aryl methyl sites for hydroxylation is 1. The maximum absolute atomic E-state index is 11.9. The third-order valence-corrected chi connectivity index (χ3v) is 3.41. The largest absolute Gasteiger partial charge is 0.481 e. The summed E-state index contributed by atoms with van der Waals surface area (Å²) >= 11 is 0. The number of carbonyl (C=O) groups excluding carboxylic acids is 1. The first-order chi connectivity index (χ1) is 8.97. The number of hydrogen-bond donors (Lipinski definition) is 2. The number of urea groups is 1. The van der Waals surface area contributed by atoms with Crippen LogP contribution in [0.2, 0.25) is 0 Å². The molecule has 2 amide bonds. The molecule has 1 aromatic rings. The Balaban J connectivity index is 1.86. The van der Waals surface area contributed by atoms with Gasteiger partial charge in [0.15, 0.2) is 0 Å². The molecule has 2 heterocycles. The van der Waals surface area contributed by atoms with E-state index >= 15 is 0 Å². The second-order valence-electron chi connectivity index (χ2n) is 4.97. The molecular weight excluding hydrogens is 248 g/mol. The third-order valence-electron chi connectivity index (χ3n) is 3.41. The fourth-order valence-electron chi connectivity index (χ4n) is 2.29. The van der Waals surface area contributed by atoms with Crippen molar-refractivity contribution in [1.82, 2.24) is 20.0 Å². The van der Waals surface area contributed by atoms with Gasteiger partial charge in [-0.15, -0.1) is 0 Å². The van der Waals surface area contributed by atoms with E-state index in [1.165, 1.54) is 0 Å². The predicted molar refractivity (Wildman–Crippen MR) is 67.3 cm³/mol. The summed E-state index contributed by atoms with van der Waals surface area (Å²) < 4.78 is 1.67. The molecule has 2 unspecified atom stereocenters. The number of carboxylic acids is 1. The SMILES string of the molecule is CC1CN(C(=O)NCc2ccn(C)n2)CC1C(=O)O. The molecule has 1 aliphatic heterocycles. The van der Waals surface area contributed by atoms with E-state index < -0.39 is 11.9 Å². The Morgan fingerprint density at radius 2 is 2.26 bits per heavy atom. The quantitative estimate of drug-likeness (QED) is 0.822. The summed E-state index contributed by atoms with van der Waals surface area (Å²) in [5, 5.41) is 15.9. The van der Waals surface area contributed by atoms with E-state index in [0.717, 1.165) is 5.69 Å². The predicted octanol–water partition coefficient (Wildman–Crippen LogP) is 0.282. The number of carbonyl (C=O) groups is 2. The highest BCUT2D eigenvalue weighted by Gasteiger charge is 2.36. The van der Waals surface area contributed by atoms with E-state index in [2.05, 4.69) is 10.4 Å². The van der Waals surface area contributed by atoms with E-state index in [4.69, 9.17) is 5.11 Å². The molecule has 7 heteroatoms. The molecule has 1 aromatic heterocycles. The molecule has 0 bridgehead atoms. The minimum atomic E-state index is -0.840. The first-order valence-electron chi connectivity index (χ1n) is 6.21. The summed E-state index contributed by atoms with van der Waals surface area (Å²) in [5.74, 6) is -1.33. The van der Waals surface area contributed by atoms with Gasteiger partial charge in [-0.25, -0.2) is 4.79 Å². The fourth-order valence-corrected chi connectivity index (χ4v) is 2.29. The van der Waals surface area contributed by atoms with Gasteiger partial charge in [0, 0.05) is 26.3 Å². The molecule has 0 aliphatic carbocycles. The smallest absolute Gasteiger partial charge is 0.317 e. The first-order valence-corrected chi connectivity index (χ1v) is 6.21. The zero-order valence-corrected chi connectivity index (χ0v) is 11.0. The Labute approximate surface area is 111 Å². The van der Waals surface area contributed by atoms with Crippen LogP contribution in [-0.2, 0) is 18.4 Å². The molecule has 1 fully saturated rings. The van der Waals surface area contributed by atoms with E-state index in [0.29, 0.717) is 13.1 Å². The Kier molecular flexibility index (Phi) is 3.73. The van der Waals surface area contributed by atoms with Crippen LogP contribution >= 0.6 is 0 Å². The number of rotatable bonds is 3. The van der Waals surface area contributed by atoms with Crippen LogP contribution in [0, 0.1) is 11.8 Å². The Morgan fingerprint density at radius 3 is 2.79 bits per heavy atom. The first kappa shape index (κ1) is 13.4. The second kappa shape index (κ2) is 5.29. The maximum atomic E-state index is 11.9. The lowest BCUT2D eigenvalue weighted by atomic mass is 9.99. The molecule has 0 saturated carbocycles. The lowest BCUT2D eigenvalue weighted by Crippen LogP contribution is -2.38. The zero-order chi connectivity index (χ0) is 14.0. The van der Waals surface area contributed by atoms with Gasteiger partial charge in [0.1, 0.15) is 0 Å². The van der Waals surface area contributed by atoms with Crippen LogP contribution in [0.5, 0.6) is 0 Å². The average Bonchev–Trinajstić information content (AvgIpc) is 2.92. The van der Waals surface area contributed by atoms with Crippen LogP contribution in [0.4, 0.5) is 4.79 Å². The number of nitrogens with zero attached hydrogens (tertiary/aromatic N) is 3. The number of aromatic nitrogens is 2. The summed E-state index contributed by atoms with van der Waals surface area (Å²) in [6.45, 7) is 2.95. The molecule has 0 aromatic carbocycles. The van der Waals surface area contributed by atoms with E-state index in [1.54, 1.807) is 15.8 Å². The van der Waals surface area contributed by atoms with Crippen LogP contribution in [0.1, 0.15) is 12.6 Å².